The summed E-state index contributed by atoms with van der Waals surface area (Å²) in [5.41, 5.74) is 0. The highest BCUT2D eigenvalue weighted by Gasteiger charge is 2.19. The zero-order chi connectivity index (χ0) is 10.5. The van der Waals surface area contributed by atoms with E-state index in [-0.39, 0.29) is 0 Å². The molecule has 1 heteroatoms. The van der Waals surface area contributed by atoms with Crippen LogP contribution in [0.1, 0.15) is 58.3 Å². The standard InChI is InChI=1S/C14H27N/c1-12-5-4-8-14(9-12)11-15-10-13-6-2-3-7-13/h12-15H,2-11H2,1H3. The maximum absolute atomic E-state index is 3.72. The van der Waals surface area contributed by atoms with Crippen LogP contribution in [0.15, 0.2) is 0 Å². The minimum absolute atomic E-state index is 0.982. The molecule has 88 valence electrons. The van der Waals surface area contributed by atoms with Crippen LogP contribution in [0.5, 0.6) is 0 Å². The lowest BCUT2D eigenvalue weighted by Crippen LogP contribution is -2.29. The summed E-state index contributed by atoms with van der Waals surface area (Å²) in [4.78, 5) is 0. The van der Waals surface area contributed by atoms with E-state index >= 15 is 0 Å². The van der Waals surface area contributed by atoms with Crippen molar-refractivity contribution in [3.8, 4) is 0 Å². The first-order valence-electron chi connectivity index (χ1n) is 7.05. The van der Waals surface area contributed by atoms with Crippen LogP contribution in [0, 0.1) is 17.8 Å². The molecule has 0 aromatic rings. The van der Waals surface area contributed by atoms with E-state index in [9.17, 15) is 0 Å². The van der Waals surface area contributed by atoms with E-state index in [1.165, 1.54) is 64.5 Å². The molecule has 0 aromatic heterocycles. The van der Waals surface area contributed by atoms with Gasteiger partial charge in [-0.2, -0.15) is 0 Å². The zero-order valence-corrected chi connectivity index (χ0v) is 10.3. The third kappa shape index (κ3) is 3.79. The average molecular weight is 209 g/mol. The van der Waals surface area contributed by atoms with E-state index < -0.39 is 0 Å². The smallest absolute Gasteiger partial charge is 0.00203 e. The van der Waals surface area contributed by atoms with Crippen molar-refractivity contribution in [2.24, 2.45) is 17.8 Å². The number of nitrogens with one attached hydrogen (secondary N) is 1. The molecule has 1 nitrogen and oxygen atoms in total. The van der Waals surface area contributed by atoms with Gasteiger partial charge in [0.2, 0.25) is 0 Å². The number of hydrogen-bond acceptors (Lipinski definition) is 1. The second-order valence-electron chi connectivity index (χ2n) is 5.95. The minimum atomic E-state index is 0.982. The van der Waals surface area contributed by atoms with Crippen LogP contribution in [0.25, 0.3) is 0 Å². The van der Waals surface area contributed by atoms with Crippen molar-refractivity contribution in [2.75, 3.05) is 13.1 Å². The summed E-state index contributed by atoms with van der Waals surface area (Å²) in [6.45, 7) is 5.01. The van der Waals surface area contributed by atoms with E-state index in [4.69, 9.17) is 0 Å². The van der Waals surface area contributed by atoms with E-state index in [1.54, 1.807) is 0 Å². The molecular weight excluding hydrogens is 182 g/mol. The number of hydrogen-bond donors (Lipinski definition) is 1. The van der Waals surface area contributed by atoms with Crippen molar-refractivity contribution < 1.29 is 0 Å². The van der Waals surface area contributed by atoms with Gasteiger partial charge in [-0.05, 0) is 56.5 Å². The lowest BCUT2D eigenvalue weighted by atomic mass is 9.82. The molecule has 2 atom stereocenters. The Labute approximate surface area is 95.0 Å². The van der Waals surface area contributed by atoms with E-state index in [0.717, 1.165) is 17.8 Å². The highest BCUT2D eigenvalue weighted by Crippen LogP contribution is 2.28. The first-order valence-corrected chi connectivity index (χ1v) is 7.05. The van der Waals surface area contributed by atoms with Gasteiger partial charge >= 0.3 is 0 Å². The molecular formula is C14H27N. The van der Waals surface area contributed by atoms with Crippen LogP contribution in [0.3, 0.4) is 0 Å². The highest BCUT2D eigenvalue weighted by molar-refractivity contribution is 4.74. The predicted molar refractivity (Wildman–Crippen MR) is 65.9 cm³/mol. The fourth-order valence-electron chi connectivity index (χ4n) is 3.45. The second-order valence-corrected chi connectivity index (χ2v) is 5.95. The Morgan fingerprint density at radius 1 is 0.867 bits per heavy atom. The maximum Gasteiger partial charge on any atom is -0.00203 e. The van der Waals surface area contributed by atoms with Gasteiger partial charge in [-0.1, -0.05) is 32.6 Å². The Hall–Kier alpha value is -0.0400. The van der Waals surface area contributed by atoms with Crippen LogP contribution >= 0.6 is 0 Å². The predicted octanol–water partition coefficient (Wildman–Crippen LogP) is 3.59. The summed E-state index contributed by atoms with van der Waals surface area (Å²) in [5, 5.41) is 3.72. The maximum atomic E-state index is 3.72. The Balaban J connectivity index is 1.56. The molecule has 0 spiro atoms. The van der Waals surface area contributed by atoms with E-state index in [2.05, 4.69) is 12.2 Å². The van der Waals surface area contributed by atoms with Crippen molar-refractivity contribution in [1.82, 2.24) is 5.32 Å². The van der Waals surface area contributed by atoms with Crippen molar-refractivity contribution >= 4 is 0 Å². The fraction of sp³-hybridized carbons (Fsp3) is 1.00. The molecule has 0 aromatic carbocycles. The van der Waals surface area contributed by atoms with Crippen molar-refractivity contribution in [3.63, 3.8) is 0 Å². The molecule has 2 unspecified atom stereocenters. The van der Waals surface area contributed by atoms with Crippen molar-refractivity contribution in [3.05, 3.63) is 0 Å². The lowest BCUT2D eigenvalue weighted by molar-refractivity contribution is 0.270. The van der Waals surface area contributed by atoms with Crippen LogP contribution < -0.4 is 5.32 Å². The van der Waals surface area contributed by atoms with Gasteiger partial charge in [-0.3, -0.25) is 0 Å². The largest absolute Gasteiger partial charge is 0.316 e. The normalized spacial score (nSPS) is 33.4. The minimum Gasteiger partial charge on any atom is -0.316 e. The molecule has 2 saturated carbocycles. The Bertz CT molecular complexity index is 172. The molecule has 0 radical (unpaired) electrons. The summed E-state index contributed by atoms with van der Waals surface area (Å²) in [5.74, 6) is 2.97. The van der Waals surface area contributed by atoms with E-state index in [1.807, 2.05) is 0 Å². The molecule has 0 saturated heterocycles. The third-order valence-electron chi connectivity index (χ3n) is 4.39. The molecule has 0 bridgehead atoms. The molecule has 15 heavy (non-hydrogen) atoms. The summed E-state index contributed by atoms with van der Waals surface area (Å²) in [6.07, 6.45) is 11.8. The van der Waals surface area contributed by atoms with Crippen molar-refractivity contribution in [1.29, 1.82) is 0 Å². The van der Waals surface area contributed by atoms with Gasteiger partial charge in [-0.15, -0.1) is 0 Å². The van der Waals surface area contributed by atoms with Gasteiger partial charge in [0.25, 0.3) is 0 Å². The summed E-state index contributed by atoms with van der Waals surface area (Å²) < 4.78 is 0. The van der Waals surface area contributed by atoms with Gasteiger partial charge < -0.3 is 5.32 Å². The molecule has 2 aliphatic carbocycles. The fourth-order valence-corrected chi connectivity index (χ4v) is 3.45. The molecule has 0 aliphatic heterocycles. The van der Waals surface area contributed by atoms with E-state index in [0.29, 0.717) is 0 Å². The summed E-state index contributed by atoms with van der Waals surface area (Å²) >= 11 is 0. The molecule has 1 N–H and O–H groups in total. The molecule has 0 amide bonds. The van der Waals surface area contributed by atoms with Crippen LogP contribution in [-0.2, 0) is 0 Å². The Kier molecular flexibility index (Phi) is 4.49. The second kappa shape index (κ2) is 5.89. The lowest BCUT2D eigenvalue weighted by Gasteiger charge is -2.27. The SMILES string of the molecule is CC1CCCC(CNCC2CCCC2)C1. The zero-order valence-electron chi connectivity index (χ0n) is 10.3. The van der Waals surface area contributed by atoms with Gasteiger partial charge in [0.05, 0.1) is 0 Å². The average Bonchev–Trinajstić information content (AvgIpc) is 2.71. The number of rotatable bonds is 4. The topological polar surface area (TPSA) is 12.0 Å². The first kappa shape index (κ1) is 11.4. The van der Waals surface area contributed by atoms with Crippen LogP contribution in [0.2, 0.25) is 0 Å². The highest BCUT2D eigenvalue weighted by atomic mass is 14.9. The van der Waals surface area contributed by atoms with Crippen molar-refractivity contribution in [2.45, 2.75) is 58.3 Å². The first-order chi connectivity index (χ1) is 7.34. The Morgan fingerprint density at radius 3 is 2.27 bits per heavy atom. The monoisotopic (exact) mass is 209 g/mol. The van der Waals surface area contributed by atoms with Gasteiger partial charge in [0, 0.05) is 0 Å². The summed E-state index contributed by atoms with van der Waals surface area (Å²) in [7, 11) is 0. The van der Waals surface area contributed by atoms with Gasteiger partial charge in [0.15, 0.2) is 0 Å². The van der Waals surface area contributed by atoms with Gasteiger partial charge in [-0.25, -0.2) is 0 Å². The third-order valence-corrected chi connectivity index (χ3v) is 4.39. The van der Waals surface area contributed by atoms with Crippen LogP contribution in [0.4, 0.5) is 0 Å². The molecule has 0 heterocycles. The molecule has 2 fully saturated rings. The van der Waals surface area contributed by atoms with Crippen LogP contribution in [-0.4, -0.2) is 13.1 Å². The Morgan fingerprint density at radius 2 is 1.53 bits per heavy atom. The van der Waals surface area contributed by atoms with Gasteiger partial charge in [0.1, 0.15) is 0 Å². The molecule has 2 rings (SSSR count). The summed E-state index contributed by atoms with van der Waals surface area (Å²) in [6, 6.07) is 0. The molecule has 2 aliphatic rings. The quantitative estimate of drug-likeness (QED) is 0.746.